The molecule has 1 aliphatic carbocycles. The van der Waals surface area contributed by atoms with Gasteiger partial charge in [0.15, 0.2) is 0 Å². The molecule has 2 rings (SSSR count). The predicted molar refractivity (Wildman–Crippen MR) is 62.9 cm³/mol. The zero-order valence-corrected chi connectivity index (χ0v) is 10.2. The minimum Gasteiger partial charge on any atom is -0.393 e. The van der Waals surface area contributed by atoms with Gasteiger partial charge in [0.25, 0.3) is 5.91 Å². The van der Waals surface area contributed by atoms with Gasteiger partial charge in [0.05, 0.1) is 21.7 Å². The molecule has 0 atom stereocenters. The normalized spacial score (nSPS) is 23.1. The Morgan fingerprint density at radius 1 is 1.35 bits per heavy atom. The number of carbonyl (C=O) groups excluding carboxylic acids is 1. The highest BCUT2D eigenvalue weighted by molar-refractivity contribution is 6.36. The van der Waals surface area contributed by atoms with Crippen LogP contribution in [0.15, 0.2) is 12.1 Å². The van der Waals surface area contributed by atoms with Crippen LogP contribution >= 0.6 is 23.2 Å². The maximum Gasteiger partial charge on any atom is 0.253 e. The van der Waals surface area contributed by atoms with Gasteiger partial charge in [-0.1, -0.05) is 23.2 Å². The molecule has 2 N–H and O–H groups in total. The van der Waals surface area contributed by atoms with Crippen molar-refractivity contribution in [1.82, 2.24) is 5.32 Å². The molecule has 1 aromatic carbocycles. The van der Waals surface area contributed by atoms with Crippen molar-refractivity contribution in [3.05, 3.63) is 33.6 Å². The lowest BCUT2D eigenvalue weighted by atomic mass is 9.89. The SMILES string of the molecule is O=C(NC1CC(O)C1)c1cc(F)c(Cl)cc1Cl. The van der Waals surface area contributed by atoms with Crippen LogP contribution in [0.3, 0.4) is 0 Å². The van der Waals surface area contributed by atoms with Gasteiger partial charge in [-0.15, -0.1) is 0 Å². The number of hydrogen-bond acceptors (Lipinski definition) is 2. The van der Waals surface area contributed by atoms with E-state index in [1.807, 2.05) is 0 Å². The summed E-state index contributed by atoms with van der Waals surface area (Å²) >= 11 is 11.3. The highest BCUT2D eigenvalue weighted by Crippen LogP contribution is 2.25. The van der Waals surface area contributed by atoms with Crippen molar-refractivity contribution in [3.63, 3.8) is 0 Å². The van der Waals surface area contributed by atoms with Crippen molar-refractivity contribution in [2.75, 3.05) is 0 Å². The number of halogens is 3. The Kier molecular flexibility index (Phi) is 3.56. The molecule has 0 aromatic heterocycles. The zero-order chi connectivity index (χ0) is 12.6. The summed E-state index contributed by atoms with van der Waals surface area (Å²) in [6.45, 7) is 0. The summed E-state index contributed by atoms with van der Waals surface area (Å²) < 4.78 is 13.2. The van der Waals surface area contributed by atoms with E-state index in [2.05, 4.69) is 5.32 Å². The summed E-state index contributed by atoms with van der Waals surface area (Å²) in [6, 6.07) is 2.13. The molecule has 0 heterocycles. The first-order chi connectivity index (χ1) is 7.97. The third-order valence-electron chi connectivity index (χ3n) is 2.70. The Hall–Kier alpha value is -0.840. The molecule has 1 amide bonds. The number of amides is 1. The predicted octanol–water partition coefficient (Wildman–Crippen LogP) is 2.39. The van der Waals surface area contributed by atoms with Crippen LogP contribution in [0.1, 0.15) is 23.2 Å². The third-order valence-corrected chi connectivity index (χ3v) is 3.31. The first kappa shape index (κ1) is 12.6. The number of hydrogen-bond donors (Lipinski definition) is 2. The molecule has 1 saturated carbocycles. The van der Waals surface area contributed by atoms with Crippen molar-refractivity contribution in [1.29, 1.82) is 0 Å². The number of nitrogens with one attached hydrogen (secondary N) is 1. The minimum absolute atomic E-state index is 0.0509. The van der Waals surface area contributed by atoms with Crippen LogP contribution in [0, 0.1) is 5.82 Å². The topological polar surface area (TPSA) is 49.3 Å². The molecule has 1 aromatic rings. The monoisotopic (exact) mass is 277 g/mol. The Balaban J connectivity index is 2.11. The summed E-state index contributed by atoms with van der Waals surface area (Å²) in [5.74, 6) is -1.14. The fourth-order valence-corrected chi connectivity index (χ4v) is 2.13. The number of carbonyl (C=O) groups is 1. The molecule has 0 aliphatic heterocycles. The smallest absolute Gasteiger partial charge is 0.253 e. The maximum absolute atomic E-state index is 13.2. The van der Waals surface area contributed by atoms with E-state index in [1.54, 1.807) is 0 Å². The van der Waals surface area contributed by atoms with Crippen molar-refractivity contribution in [2.45, 2.75) is 25.0 Å². The van der Waals surface area contributed by atoms with Gasteiger partial charge in [-0.3, -0.25) is 4.79 Å². The van der Waals surface area contributed by atoms with Gasteiger partial charge in [0.2, 0.25) is 0 Å². The number of aliphatic hydroxyl groups is 1. The molecule has 92 valence electrons. The van der Waals surface area contributed by atoms with E-state index >= 15 is 0 Å². The Bertz CT molecular complexity index is 461. The van der Waals surface area contributed by atoms with E-state index in [1.165, 1.54) is 6.07 Å². The highest BCUT2D eigenvalue weighted by Gasteiger charge is 2.29. The average Bonchev–Trinajstić information content (AvgIpc) is 2.21. The molecule has 1 fully saturated rings. The van der Waals surface area contributed by atoms with Gasteiger partial charge >= 0.3 is 0 Å². The quantitative estimate of drug-likeness (QED) is 0.816. The largest absolute Gasteiger partial charge is 0.393 e. The fraction of sp³-hybridized carbons (Fsp3) is 0.364. The van der Waals surface area contributed by atoms with Gasteiger partial charge in [-0.25, -0.2) is 4.39 Å². The second kappa shape index (κ2) is 4.80. The molecule has 0 bridgehead atoms. The Labute approximate surface area is 108 Å². The van der Waals surface area contributed by atoms with Crippen molar-refractivity contribution in [2.24, 2.45) is 0 Å². The van der Waals surface area contributed by atoms with Crippen LogP contribution in [0.4, 0.5) is 4.39 Å². The molecule has 1 aliphatic rings. The lowest BCUT2D eigenvalue weighted by Gasteiger charge is -2.32. The van der Waals surface area contributed by atoms with E-state index < -0.39 is 11.7 Å². The first-order valence-electron chi connectivity index (χ1n) is 5.11. The second-order valence-electron chi connectivity index (χ2n) is 4.04. The maximum atomic E-state index is 13.2. The summed E-state index contributed by atoms with van der Waals surface area (Å²) in [5.41, 5.74) is 0.0509. The summed E-state index contributed by atoms with van der Waals surface area (Å²) in [5, 5.41) is 11.7. The first-order valence-corrected chi connectivity index (χ1v) is 5.86. The molecule has 17 heavy (non-hydrogen) atoms. The van der Waals surface area contributed by atoms with Gasteiger partial charge in [0, 0.05) is 6.04 Å². The molecule has 0 spiro atoms. The molecule has 0 saturated heterocycles. The minimum atomic E-state index is -0.685. The van der Waals surface area contributed by atoms with E-state index in [-0.39, 0.29) is 27.8 Å². The molecular weight excluding hydrogens is 268 g/mol. The zero-order valence-electron chi connectivity index (χ0n) is 8.71. The molecular formula is C11H10Cl2FNO2. The highest BCUT2D eigenvalue weighted by atomic mass is 35.5. The van der Waals surface area contributed by atoms with Crippen molar-refractivity contribution in [3.8, 4) is 0 Å². The molecule has 6 heteroatoms. The van der Waals surface area contributed by atoms with Crippen LogP contribution in [-0.2, 0) is 0 Å². The number of aliphatic hydroxyl groups excluding tert-OH is 1. The lowest BCUT2D eigenvalue weighted by Crippen LogP contribution is -2.46. The van der Waals surface area contributed by atoms with E-state index in [0.717, 1.165) is 6.07 Å². The van der Waals surface area contributed by atoms with Gasteiger partial charge < -0.3 is 10.4 Å². The van der Waals surface area contributed by atoms with Crippen LogP contribution in [0.5, 0.6) is 0 Å². The third kappa shape index (κ3) is 2.70. The van der Waals surface area contributed by atoms with Crippen molar-refractivity contribution < 1.29 is 14.3 Å². The molecule has 0 radical (unpaired) electrons. The van der Waals surface area contributed by atoms with Crippen LogP contribution in [-0.4, -0.2) is 23.2 Å². The van der Waals surface area contributed by atoms with E-state index in [9.17, 15) is 9.18 Å². The van der Waals surface area contributed by atoms with Crippen LogP contribution in [0.2, 0.25) is 10.0 Å². The Morgan fingerprint density at radius 2 is 2.00 bits per heavy atom. The lowest BCUT2D eigenvalue weighted by molar-refractivity contribution is 0.0562. The van der Waals surface area contributed by atoms with Crippen LogP contribution < -0.4 is 5.32 Å². The molecule has 3 nitrogen and oxygen atoms in total. The van der Waals surface area contributed by atoms with E-state index in [0.29, 0.717) is 12.8 Å². The number of rotatable bonds is 2. The van der Waals surface area contributed by atoms with Crippen molar-refractivity contribution >= 4 is 29.1 Å². The number of benzene rings is 1. The van der Waals surface area contributed by atoms with E-state index in [4.69, 9.17) is 28.3 Å². The fourth-order valence-electron chi connectivity index (χ4n) is 1.67. The summed E-state index contributed by atoms with van der Waals surface area (Å²) in [4.78, 5) is 11.8. The average molecular weight is 278 g/mol. The van der Waals surface area contributed by atoms with Gasteiger partial charge in [-0.2, -0.15) is 0 Å². The van der Waals surface area contributed by atoms with Crippen LogP contribution in [0.25, 0.3) is 0 Å². The van der Waals surface area contributed by atoms with Gasteiger partial charge in [0.1, 0.15) is 5.82 Å². The molecule has 0 unspecified atom stereocenters. The summed E-state index contributed by atoms with van der Waals surface area (Å²) in [7, 11) is 0. The Morgan fingerprint density at radius 3 is 2.59 bits per heavy atom. The standard InChI is InChI=1S/C11H10Cl2FNO2/c12-8-4-9(13)10(14)3-7(8)11(17)15-5-1-6(16)2-5/h3-6,16H,1-2H2,(H,15,17). The summed E-state index contributed by atoms with van der Waals surface area (Å²) in [6.07, 6.45) is 0.663. The van der Waals surface area contributed by atoms with Gasteiger partial charge in [-0.05, 0) is 25.0 Å². The second-order valence-corrected chi connectivity index (χ2v) is 4.86.